The van der Waals surface area contributed by atoms with E-state index in [9.17, 15) is 8.78 Å². The van der Waals surface area contributed by atoms with E-state index in [0.29, 0.717) is 11.1 Å². The van der Waals surface area contributed by atoms with Crippen LogP contribution in [0.15, 0.2) is 42.5 Å². The second-order valence-corrected chi connectivity index (χ2v) is 4.27. The summed E-state index contributed by atoms with van der Waals surface area (Å²) in [5.41, 5.74) is 1.22. The van der Waals surface area contributed by atoms with E-state index in [-0.39, 0.29) is 11.6 Å². The lowest BCUT2D eigenvalue weighted by Gasteiger charge is -2.05. The van der Waals surface area contributed by atoms with E-state index in [2.05, 4.69) is 22.6 Å². The van der Waals surface area contributed by atoms with Crippen molar-refractivity contribution >= 4 is 22.6 Å². The highest BCUT2D eigenvalue weighted by atomic mass is 127. The van der Waals surface area contributed by atoms with Crippen LogP contribution < -0.4 is 0 Å². The molecular weight excluding hydrogens is 309 g/mol. The van der Waals surface area contributed by atoms with E-state index in [0.717, 1.165) is 3.57 Å². The Morgan fingerprint density at radius 1 is 0.867 bits per heavy atom. The van der Waals surface area contributed by atoms with E-state index >= 15 is 0 Å². The van der Waals surface area contributed by atoms with Crippen molar-refractivity contribution in [1.29, 1.82) is 0 Å². The predicted molar refractivity (Wildman–Crippen MR) is 64.5 cm³/mol. The minimum absolute atomic E-state index is 0.284. The minimum atomic E-state index is -0.315. The highest BCUT2D eigenvalue weighted by Gasteiger charge is 2.08. The number of hydrogen-bond acceptors (Lipinski definition) is 0. The molecule has 0 N–H and O–H groups in total. The maximum absolute atomic E-state index is 13.5. The molecule has 0 saturated carbocycles. The predicted octanol–water partition coefficient (Wildman–Crippen LogP) is 4.24. The van der Waals surface area contributed by atoms with Gasteiger partial charge >= 0.3 is 0 Å². The van der Waals surface area contributed by atoms with Gasteiger partial charge in [-0.25, -0.2) is 8.78 Å². The van der Waals surface area contributed by atoms with Gasteiger partial charge in [0.05, 0.1) is 0 Å². The molecule has 76 valence electrons. The van der Waals surface area contributed by atoms with Crippen molar-refractivity contribution in [1.82, 2.24) is 0 Å². The number of hydrogen-bond donors (Lipinski definition) is 0. The van der Waals surface area contributed by atoms with Gasteiger partial charge in [0, 0.05) is 9.13 Å². The van der Waals surface area contributed by atoms with Crippen LogP contribution in [0.2, 0.25) is 0 Å². The molecule has 0 spiro atoms. The first kappa shape index (κ1) is 10.5. The molecule has 2 rings (SSSR count). The number of benzene rings is 2. The third kappa shape index (κ3) is 2.17. The average Bonchev–Trinajstić information content (AvgIpc) is 2.20. The van der Waals surface area contributed by atoms with E-state index in [1.54, 1.807) is 18.2 Å². The molecule has 0 radical (unpaired) electrons. The van der Waals surface area contributed by atoms with Crippen LogP contribution in [0.1, 0.15) is 0 Å². The molecule has 0 amide bonds. The average molecular weight is 316 g/mol. The summed E-state index contributed by atoms with van der Waals surface area (Å²) < 4.78 is 27.1. The van der Waals surface area contributed by atoms with Gasteiger partial charge in [0.2, 0.25) is 0 Å². The lowest BCUT2D eigenvalue weighted by molar-refractivity contribution is 0.625. The van der Waals surface area contributed by atoms with Gasteiger partial charge in [-0.15, -0.1) is 0 Å². The molecular formula is C12H7F2I. The zero-order chi connectivity index (χ0) is 10.8. The van der Waals surface area contributed by atoms with Crippen molar-refractivity contribution in [3.05, 3.63) is 57.7 Å². The summed E-state index contributed by atoms with van der Waals surface area (Å²) in [7, 11) is 0. The van der Waals surface area contributed by atoms with Crippen LogP contribution in [0.25, 0.3) is 11.1 Å². The normalized spacial score (nSPS) is 10.3. The van der Waals surface area contributed by atoms with Crippen molar-refractivity contribution in [3.8, 4) is 11.1 Å². The molecule has 0 nitrogen and oxygen atoms in total. The fraction of sp³-hybridized carbons (Fsp3) is 0. The van der Waals surface area contributed by atoms with Gasteiger partial charge in [0.15, 0.2) is 0 Å². The van der Waals surface area contributed by atoms with Crippen LogP contribution in [-0.2, 0) is 0 Å². The van der Waals surface area contributed by atoms with Gasteiger partial charge in [0.1, 0.15) is 11.6 Å². The Morgan fingerprint density at radius 3 is 2.13 bits per heavy atom. The smallest absolute Gasteiger partial charge is 0.132 e. The van der Waals surface area contributed by atoms with Crippen molar-refractivity contribution in [2.75, 3.05) is 0 Å². The largest absolute Gasteiger partial charge is 0.207 e. The van der Waals surface area contributed by atoms with E-state index in [1.165, 1.54) is 18.2 Å². The second kappa shape index (κ2) is 4.26. The molecule has 0 aliphatic heterocycles. The van der Waals surface area contributed by atoms with Crippen LogP contribution >= 0.6 is 22.6 Å². The van der Waals surface area contributed by atoms with Crippen LogP contribution in [-0.4, -0.2) is 0 Å². The number of halogens is 3. The Balaban J connectivity index is 2.58. The van der Waals surface area contributed by atoms with Crippen molar-refractivity contribution in [3.63, 3.8) is 0 Å². The standard InChI is InChI=1S/C12H7F2I/c13-9-6-4-8(5-7-9)12-10(14)2-1-3-11(12)15/h1-7H. The van der Waals surface area contributed by atoms with Crippen molar-refractivity contribution < 1.29 is 8.78 Å². The van der Waals surface area contributed by atoms with Crippen LogP contribution in [0.3, 0.4) is 0 Å². The van der Waals surface area contributed by atoms with Crippen LogP contribution in [0, 0.1) is 15.2 Å². The monoisotopic (exact) mass is 316 g/mol. The molecule has 0 unspecified atom stereocenters. The highest BCUT2D eigenvalue weighted by Crippen LogP contribution is 2.27. The molecule has 0 fully saturated rings. The molecule has 15 heavy (non-hydrogen) atoms. The van der Waals surface area contributed by atoms with Crippen molar-refractivity contribution in [2.24, 2.45) is 0 Å². The Bertz CT molecular complexity index is 457. The van der Waals surface area contributed by atoms with Gasteiger partial charge < -0.3 is 0 Å². The maximum Gasteiger partial charge on any atom is 0.132 e. The first-order valence-corrected chi connectivity index (χ1v) is 5.46. The maximum atomic E-state index is 13.5. The summed E-state index contributed by atoms with van der Waals surface area (Å²) in [4.78, 5) is 0. The first-order chi connectivity index (χ1) is 7.18. The molecule has 0 atom stereocenters. The summed E-state index contributed by atoms with van der Waals surface area (Å²) in [5.74, 6) is -0.599. The molecule has 0 aliphatic carbocycles. The molecule has 0 aromatic heterocycles. The van der Waals surface area contributed by atoms with Crippen LogP contribution in [0.5, 0.6) is 0 Å². The van der Waals surface area contributed by atoms with E-state index in [1.807, 2.05) is 6.07 Å². The summed E-state index contributed by atoms with van der Waals surface area (Å²) in [6.45, 7) is 0. The third-order valence-corrected chi connectivity index (χ3v) is 2.99. The van der Waals surface area contributed by atoms with E-state index in [4.69, 9.17) is 0 Å². The fourth-order valence-corrected chi connectivity index (χ4v) is 2.17. The first-order valence-electron chi connectivity index (χ1n) is 4.38. The highest BCUT2D eigenvalue weighted by molar-refractivity contribution is 14.1. The van der Waals surface area contributed by atoms with Gasteiger partial charge in [-0.05, 0) is 52.4 Å². The zero-order valence-electron chi connectivity index (χ0n) is 7.68. The molecule has 2 aromatic carbocycles. The summed E-state index contributed by atoms with van der Waals surface area (Å²) in [6, 6.07) is 10.7. The molecule has 0 heterocycles. The lowest BCUT2D eigenvalue weighted by atomic mass is 10.1. The summed E-state index contributed by atoms with van der Waals surface area (Å²) in [6.07, 6.45) is 0. The Morgan fingerprint density at radius 2 is 1.53 bits per heavy atom. The molecule has 3 heteroatoms. The zero-order valence-corrected chi connectivity index (χ0v) is 9.83. The lowest BCUT2D eigenvalue weighted by Crippen LogP contribution is -1.88. The fourth-order valence-electron chi connectivity index (χ4n) is 1.39. The quantitative estimate of drug-likeness (QED) is 0.691. The number of rotatable bonds is 1. The Kier molecular flexibility index (Phi) is 3.00. The summed E-state index contributed by atoms with van der Waals surface area (Å²) >= 11 is 2.06. The summed E-state index contributed by atoms with van der Waals surface area (Å²) in [5, 5.41) is 0. The topological polar surface area (TPSA) is 0 Å². The molecule has 0 aliphatic rings. The second-order valence-electron chi connectivity index (χ2n) is 3.10. The molecule has 0 bridgehead atoms. The molecule has 0 saturated heterocycles. The minimum Gasteiger partial charge on any atom is -0.207 e. The van der Waals surface area contributed by atoms with Crippen molar-refractivity contribution in [2.45, 2.75) is 0 Å². The Hall–Kier alpha value is -0.970. The van der Waals surface area contributed by atoms with Gasteiger partial charge in [-0.2, -0.15) is 0 Å². The van der Waals surface area contributed by atoms with Crippen LogP contribution in [0.4, 0.5) is 8.78 Å². The van der Waals surface area contributed by atoms with E-state index < -0.39 is 0 Å². The Labute approximate surface area is 100 Å². The third-order valence-electron chi connectivity index (χ3n) is 2.10. The van der Waals surface area contributed by atoms with Gasteiger partial charge in [-0.3, -0.25) is 0 Å². The SMILES string of the molecule is Fc1ccc(-c2c(F)cccc2I)cc1. The van der Waals surface area contributed by atoms with Gasteiger partial charge in [0.25, 0.3) is 0 Å². The molecule has 2 aromatic rings. The van der Waals surface area contributed by atoms with Gasteiger partial charge in [-0.1, -0.05) is 18.2 Å².